The normalized spacial score (nSPS) is 10.3. The largest absolute Gasteiger partial charge is 0.493 e. The van der Waals surface area contributed by atoms with Gasteiger partial charge in [-0.05, 0) is 48.6 Å². The summed E-state index contributed by atoms with van der Waals surface area (Å²) in [5, 5.41) is 2.96. The third-order valence-electron chi connectivity index (χ3n) is 4.09. The van der Waals surface area contributed by atoms with E-state index < -0.39 is 0 Å². The molecule has 134 valence electrons. The summed E-state index contributed by atoms with van der Waals surface area (Å²) in [5.41, 5.74) is 8.80. The van der Waals surface area contributed by atoms with E-state index in [4.69, 9.17) is 15.2 Å². The Morgan fingerprint density at radius 3 is 2.52 bits per heavy atom. The second-order valence-corrected chi connectivity index (χ2v) is 5.84. The van der Waals surface area contributed by atoms with Gasteiger partial charge in [0.2, 0.25) is 5.91 Å². The second kappa shape index (κ2) is 9.57. The molecule has 2 aromatic carbocycles. The van der Waals surface area contributed by atoms with E-state index in [1.165, 1.54) is 0 Å². The van der Waals surface area contributed by atoms with E-state index in [0.717, 1.165) is 41.2 Å². The molecule has 2 rings (SSSR count). The second-order valence-electron chi connectivity index (χ2n) is 5.84. The van der Waals surface area contributed by atoms with Gasteiger partial charge in [-0.15, -0.1) is 0 Å². The van der Waals surface area contributed by atoms with Gasteiger partial charge in [0, 0.05) is 18.7 Å². The molecule has 25 heavy (non-hydrogen) atoms. The van der Waals surface area contributed by atoms with E-state index in [2.05, 4.69) is 5.32 Å². The maximum absolute atomic E-state index is 11.9. The molecule has 0 heterocycles. The van der Waals surface area contributed by atoms with Gasteiger partial charge in [-0.2, -0.15) is 0 Å². The lowest BCUT2D eigenvalue weighted by Crippen LogP contribution is -2.25. The van der Waals surface area contributed by atoms with Crippen molar-refractivity contribution in [2.75, 3.05) is 26.5 Å². The van der Waals surface area contributed by atoms with Crippen molar-refractivity contribution in [3.63, 3.8) is 0 Å². The van der Waals surface area contributed by atoms with Crippen molar-refractivity contribution in [1.82, 2.24) is 5.32 Å². The Morgan fingerprint density at radius 2 is 1.80 bits per heavy atom. The number of carbonyl (C=O) groups is 1. The van der Waals surface area contributed by atoms with Gasteiger partial charge in [-0.1, -0.05) is 24.3 Å². The van der Waals surface area contributed by atoms with Crippen LogP contribution in [-0.4, -0.2) is 26.7 Å². The van der Waals surface area contributed by atoms with E-state index in [1.54, 1.807) is 14.2 Å². The third kappa shape index (κ3) is 5.71. The summed E-state index contributed by atoms with van der Waals surface area (Å²) in [7, 11) is 3.25. The molecule has 3 N–H and O–H groups in total. The first-order valence-electron chi connectivity index (χ1n) is 8.45. The average molecular weight is 342 g/mol. The van der Waals surface area contributed by atoms with Crippen LogP contribution in [0, 0.1) is 0 Å². The summed E-state index contributed by atoms with van der Waals surface area (Å²) in [6.45, 7) is 0.650. The van der Waals surface area contributed by atoms with Crippen LogP contribution in [0.1, 0.15) is 24.0 Å². The van der Waals surface area contributed by atoms with Crippen molar-refractivity contribution in [1.29, 1.82) is 0 Å². The number of hydrogen-bond acceptors (Lipinski definition) is 4. The number of nitrogen functional groups attached to an aromatic ring is 1. The summed E-state index contributed by atoms with van der Waals surface area (Å²) < 4.78 is 10.5. The fraction of sp³-hybridized carbons (Fsp3) is 0.350. The topological polar surface area (TPSA) is 73.6 Å². The Balaban J connectivity index is 1.70. The summed E-state index contributed by atoms with van der Waals surface area (Å²) in [6, 6.07) is 13.5. The van der Waals surface area contributed by atoms with Crippen molar-refractivity contribution >= 4 is 11.6 Å². The molecule has 0 aliphatic carbocycles. The lowest BCUT2D eigenvalue weighted by atomic mass is 10.1. The molecule has 0 spiro atoms. The number of nitrogens with two attached hydrogens (primary N) is 1. The molecule has 0 unspecified atom stereocenters. The van der Waals surface area contributed by atoms with Crippen molar-refractivity contribution in [3.8, 4) is 11.5 Å². The molecule has 0 bridgehead atoms. The van der Waals surface area contributed by atoms with Crippen LogP contribution in [0.4, 0.5) is 5.69 Å². The third-order valence-corrected chi connectivity index (χ3v) is 4.09. The summed E-state index contributed by atoms with van der Waals surface area (Å²) in [4.78, 5) is 11.9. The molecule has 5 heteroatoms. The van der Waals surface area contributed by atoms with Crippen molar-refractivity contribution < 1.29 is 14.3 Å². The molecule has 5 nitrogen and oxygen atoms in total. The zero-order valence-corrected chi connectivity index (χ0v) is 14.9. The molecule has 1 amide bonds. The van der Waals surface area contributed by atoms with Crippen LogP contribution < -0.4 is 20.5 Å². The maximum atomic E-state index is 11.9. The Hall–Kier alpha value is -2.69. The van der Waals surface area contributed by atoms with Crippen LogP contribution in [0.25, 0.3) is 0 Å². The first kappa shape index (κ1) is 18.6. The average Bonchev–Trinajstić information content (AvgIpc) is 2.64. The van der Waals surface area contributed by atoms with Gasteiger partial charge in [0.25, 0.3) is 0 Å². The van der Waals surface area contributed by atoms with Gasteiger partial charge >= 0.3 is 0 Å². The number of para-hydroxylation sites is 1. The minimum Gasteiger partial charge on any atom is -0.493 e. The van der Waals surface area contributed by atoms with Crippen LogP contribution in [0.5, 0.6) is 11.5 Å². The monoisotopic (exact) mass is 342 g/mol. The molecule has 0 fully saturated rings. The fourth-order valence-corrected chi connectivity index (χ4v) is 2.65. The molecule has 0 aliphatic rings. The quantitative estimate of drug-likeness (QED) is 0.543. The summed E-state index contributed by atoms with van der Waals surface area (Å²) in [5.74, 6) is 1.50. The van der Waals surface area contributed by atoms with Gasteiger partial charge in [0.05, 0.1) is 14.2 Å². The van der Waals surface area contributed by atoms with E-state index in [9.17, 15) is 4.79 Å². The van der Waals surface area contributed by atoms with Crippen LogP contribution in [-0.2, 0) is 17.6 Å². The molecule has 0 aliphatic heterocycles. The SMILES string of the molecule is COc1ccc(CCCNC(=O)CCc2ccccc2N)cc1OC. The molecule has 0 radical (unpaired) electrons. The van der Waals surface area contributed by atoms with Gasteiger partial charge in [-0.3, -0.25) is 4.79 Å². The first-order valence-corrected chi connectivity index (χ1v) is 8.45. The van der Waals surface area contributed by atoms with Crippen molar-refractivity contribution in [2.24, 2.45) is 0 Å². The standard InChI is InChI=1S/C20H26N2O3/c1-24-18-11-9-15(14-19(18)25-2)6-5-13-22-20(23)12-10-16-7-3-4-8-17(16)21/h3-4,7-9,11,14H,5-6,10,12-13,21H2,1-2H3,(H,22,23). The van der Waals surface area contributed by atoms with Gasteiger partial charge in [-0.25, -0.2) is 0 Å². The molecule has 0 saturated heterocycles. The number of benzene rings is 2. The highest BCUT2D eigenvalue weighted by molar-refractivity contribution is 5.76. The predicted molar refractivity (Wildman–Crippen MR) is 100 cm³/mol. The lowest BCUT2D eigenvalue weighted by Gasteiger charge is -2.10. The van der Waals surface area contributed by atoms with Crippen LogP contribution in [0.15, 0.2) is 42.5 Å². The van der Waals surface area contributed by atoms with E-state index in [1.807, 2.05) is 42.5 Å². The number of carbonyl (C=O) groups excluding carboxylic acids is 1. The highest BCUT2D eigenvalue weighted by Gasteiger charge is 2.06. The number of nitrogens with one attached hydrogen (secondary N) is 1. The number of methoxy groups -OCH3 is 2. The number of anilines is 1. The number of hydrogen-bond donors (Lipinski definition) is 2. The molecule has 0 atom stereocenters. The van der Waals surface area contributed by atoms with E-state index in [0.29, 0.717) is 19.4 Å². The molecule has 2 aromatic rings. The zero-order valence-electron chi connectivity index (χ0n) is 14.9. The van der Waals surface area contributed by atoms with E-state index >= 15 is 0 Å². The highest BCUT2D eigenvalue weighted by atomic mass is 16.5. The highest BCUT2D eigenvalue weighted by Crippen LogP contribution is 2.27. The van der Waals surface area contributed by atoms with Gasteiger partial charge in [0.1, 0.15) is 0 Å². The van der Waals surface area contributed by atoms with Crippen LogP contribution in [0.3, 0.4) is 0 Å². The zero-order chi connectivity index (χ0) is 18.1. The molecule has 0 aromatic heterocycles. The van der Waals surface area contributed by atoms with Crippen molar-refractivity contribution in [2.45, 2.75) is 25.7 Å². The number of aryl methyl sites for hydroxylation is 2. The number of ether oxygens (including phenoxy) is 2. The lowest BCUT2D eigenvalue weighted by molar-refractivity contribution is -0.121. The summed E-state index contributed by atoms with van der Waals surface area (Å²) in [6.07, 6.45) is 2.85. The van der Waals surface area contributed by atoms with Crippen LogP contribution in [0.2, 0.25) is 0 Å². The smallest absolute Gasteiger partial charge is 0.220 e. The Morgan fingerprint density at radius 1 is 1.04 bits per heavy atom. The fourth-order valence-electron chi connectivity index (χ4n) is 2.65. The van der Waals surface area contributed by atoms with E-state index in [-0.39, 0.29) is 5.91 Å². The Kier molecular flexibility index (Phi) is 7.14. The minimum absolute atomic E-state index is 0.0514. The number of amides is 1. The summed E-state index contributed by atoms with van der Waals surface area (Å²) >= 11 is 0. The van der Waals surface area contributed by atoms with Crippen molar-refractivity contribution in [3.05, 3.63) is 53.6 Å². The Labute approximate surface area is 149 Å². The molecular weight excluding hydrogens is 316 g/mol. The van der Waals surface area contributed by atoms with Gasteiger partial charge in [0.15, 0.2) is 11.5 Å². The predicted octanol–water partition coefficient (Wildman–Crippen LogP) is 2.97. The maximum Gasteiger partial charge on any atom is 0.220 e. The molecular formula is C20H26N2O3. The number of rotatable bonds is 9. The first-order chi connectivity index (χ1) is 12.1. The van der Waals surface area contributed by atoms with Gasteiger partial charge < -0.3 is 20.5 Å². The van der Waals surface area contributed by atoms with Crippen LogP contribution >= 0.6 is 0 Å². The Bertz CT molecular complexity index is 701. The molecule has 0 saturated carbocycles. The minimum atomic E-state index is 0.0514.